The van der Waals surface area contributed by atoms with Crippen molar-refractivity contribution in [2.24, 2.45) is 7.05 Å². The van der Waals surface area contributed by atoms with Gasteiger partial charge in [-0.15, -0.1) is 0 Å². The number of hydrogen-bond acceptors (Lipinski definition) is 3. The van der Waals surface area contributed by atoms with Crippen LogP contribution in [-0.4, -0.2) is 47.4 Å². The lowest BCUT2D eigenvalue weighted by molar-refractivity contribution is 0.175. The molecule has 1 aromatic heterocycles. The van der Waals surface area contributed by atoms with Crippen LogP contribution in [0.25, 0.3) is 0 Å². The number of aryl methyl sites for hydroxylation is 1. The first-order chi connectivity index (χ1) is 8.75. The molecule has 1 aliphatic rings. The first-order valence-corrected chi connectivity index (χ1v) is 7.14. The smallest absolute Gasteiger partial charge is 0.0522 e. The molecule has 2 heterocycles. The first kappa shape index (κ1) is 13.6. The Kier molecular flexibility index (Phi) is 5.20. The van der Waals surface area contributed by atoms with Crippen molar-refractivity contribution >= 4 is 0 Å². The number of piperidine rings is 1. The Labute approximate surface area is 110 Å². The van der Waals surface area contributed by atoms with E-state index >= 15 is 0 Å². The topological polar surface area (TPSA) is 33.1 Å². The highest BCUT2D eigenvalue weighted by Gasteiger charge is 2.17. The van der Waals surface area contributed by atoms with Gasteiger partial charge in [0.1, 0.15) is 0 Å². The van der Waals surface area contributed by atoms with E-state index < -0.39 is 0 Å². The van der Waals surface area contributed by atoms with Crippen LogP contribution < -0.4 is 5.32 Å². The lowest BCUT2D eigenvalue weighted by Crippen LogP contribution is -2.38. The highest BCUT2D eigenvalue weighted by molar-refractivity contribution is 5.03. The summed E-state index contributed by atoms with van der Waals surface area (Å²) in [7, 11) is 4.23. The van der Waals surface area contributed by atoms with Gasteiger partial charge in [-0.1, -0.05) is 6.42 Å². The summed E-state index contributed by atoms with van der Waals surface area (Å²) in [5.74, 6) is 0. The van der Waals surface area contributed by atoms with Crippen molar-refractivity contribution in [3.05, 3.63) is 18.0 Å². The van der Waals surface area contributed by atoms with Crippen LogP contribution in [0.5, 0.6) is 0 Å². The van der Waals surface area contributed by atoms with Gasteiger partial charge in [-0.3, -0.25) is 4.68 Å². The van der Waals surface area contributed by atoms with Gasteiger partial charge in [0.15, 0.2) is 0 Å². The van der Waals surface area contributed by atoms with Gasteiger partial charge < -0.3 is 10.2 Å². The van der Waals surface area contributed by atoms with Crippen LogP contribution >= 0.6 is 0 Å². The number of nitrogens with one attached hydrogen (secondary N) is 1. The Hall–Kier alpha value is -0.870. The number of hydrogen-bond donors (Lipinski definition) is 1. The van der Waals surface area contributed by atoms with E-state index in [-0.39, 0.29) is 0 Å². The van der Waals surface area contributed by atoms with E-state index in [4.69, 9.17) is 0 Å². The van der Waals surface area contributed by atoms with Crippen LogP contribution in [0.3, 0.4) is 0 Å². The van der Waals surface area contributed by atoms with Gasteiger partial charge in [-0.25, -0.2) is 0 Å². The molecular formula is C14H26N4. The minimum atomic E-state index is 0.796. The molecule has 1 atom stereocenters. The third-order valence-electron chi connectivity index (χ3n) is 3.92. The van der Waals surface area contributed by atoms with E-state index in [1.807, 2.05) is 17.9 Å². The Morgan fingerprint density at radius 2 is 2.22 bits per heavy atom. The van der Waals surface area contributed by atoms with Crippen LogP contribution in [0.1, 0.15) is 31.2 Å². The molecule has 4 nitrogen and oxygen atoms in total. The maximum absolute atomic E-state index is 4.18. The third kappa shape index (κ3) is 4.10. The van der Waals surface area contributed by atoms with Crippen LogP contribution in [-0.2, 0) is 13.5 Å². The second-order valence-corrected chi connectivity index (χ2v) is 5.44. The third-order valence-corrected chi connectivity index (χ3v) is 3.92. The van der Waals surface area contributed by atoms with Gasteiger partial charge in [0.05, 0.1) is 6.20 Å². The van der Waals surface area contributed by atoms with Crippen LogP contribution in [0, 0.1) is 0 Å². The molecule has 0 amide bonds. The summed E-state index contributed by atoms with van der Waals surface area (Å²) in [5, 5.41) is 7.73. The van der Waals surface area contributed by atoms with E-state index in [1.54, 1.807) is 0 Å². The van der Waals surface area contributed by atoms with E-state index in [2.05, 4.69) is 28.6 Å². The normalized spacial score (nSPS) is 21.3. The van der Waals surface area contributed by atoms with E-state index in [0.29, 0.717) is 0 Å². The predicted octanol–water partition coefficient (Wildman–Crippen LogP) is 1.43. The SMILES string of the molecule is CN1CCCCC1CCNCCc1cnn(C)c1. The van der Waals surface area contributed by atoms with Gasteiger partial charge >= 0.3 is 0 Å². The summed E-state index contributed by atoms with van der Waals surface area (Å²) in [6, 6.07) is 0.796. The van der Waals surface area contributed by atoms with Crippen molar-refractivity contribution in [2.75, 3.05) is 26.7 Å². The fourth-order valence-electron chi connectivity index (χ4n) is 2.74. The van der Waals surface area contributed by atoms with Crippen molar-refractivity contribution in [1.82, 2.24) is 20.0 Å². The highest BCUT2D eigenvalue weighted by atomic mass is 15.2. The lowest BCUT2D eigenvalue weighted by atomic mass is 10.0. The fourth-order valence-corrected chi connectivity index (χ4v) is 2.74. The summed E-state index contributed by atoms with van der Waals surface area (Å²) in [5.41, 5.74) is 1.32. The zero-order chi connectivity index (χ0) is 12.8. The molecule has 102 valence electrons. The molecule has 18 heavy (non-hydrogen) atoms. The predicted molar refractivity (Wildman–Crippen MR) is 74.7 cm³/mol. The molecule has 1 aromatic rings. The maximum Gasteiger partial charge on any atom is 0.0522 e. The average molecular weight is 250 g/mol. The molecule has 0 bridgehead atoms. The Bertz CT molecular complexity index is 347. The molecule has 4 heteroatoms. The Morgan fingerprint density at radius 3 is 2.94 bits per heavy atom. The van der Waals surface area contributed by atoms with Crippen molar-refractivity contribution in [1.29, 1.82) is 0 Å². The lowest BCUT2D eigenvalue weighted by Gasteiger charge is -2.32. The molecule has 1 saturated heterocycles. The molecule has 1 N–H and O–H groups in total. The second-order valence-electron chi connectivity index (χ2n) is 5.44. The summed E-state index contributed by atoms with van der Waals surface area (Å²) < 4.78 is 1.87. The van der Waals surface area contributed by atoms with E-state index in [1.165, 1.54) is 37.8 Å². The van der Waals surface area contributed by atoms with E-state index in [0.717, 1.165) is 25.6 Å². The molecule has 0 saturated carbocycles. The minimum Gasteiger partial charge on any atom is -0.316 e. The number of likely N-dealkylation sites (tertiary alicyclic amines) is 1. The molecular weight excluding hydrogens is 224 g/mol. The number of rotatable bonds is 6. The summed E-state index contributed by atoms with van der Waals surface area (Å²) >= 11 is 0. The standard InChI is InChI=1S/C14H26N4/c1-17-10-4-3-5-14(17)7-9-15-8-6-13-11-16-18(2)12-13/h11-12,14-15H,3-10H2,1-2H3. The molecule has 2 rings (SSSR count). The van der Waals surface area contributed by atoms with Crippen molar-refractivity contribution in [3.63, 3.8) is 0 Å². The van der Waals surface area contributed by atoms with Crippen LogP contribution in [0.2, 0.25) is 0 Å². The molecule has 0 aromatic carbocycles. The summed E-state index contributed by atoms with van der Waals surface area (Å²) in [6.45, 7) is 3.47. The Balaban J connectivity index is 1.55. The number of nitrogens with zero attached hydrogens (tertiary/aromatic N) is 3. The second kappa shape index (κ2) is 6.90. The summed E-state index contributed by atoms with van der Waals surface area (Å²) in [6.07, 6.45) is 10.6. The van der Waals surface area contributed by atoms with Gasteiger partial charge in [-0.2, -0.15) is 5.10 Å². The van der Waals surface area contributed by atoms with Crippen LogP contribution in [0.4, 0.5) is 0 Å². The largest absolute Gasteiger partial charge is 0.316 e. The molecule has 1 fully saturated rings. The van der Waals surface area contributed by atoms with Crippen LogP contribution in [0.15, 0.2) is 12.4 Å². The summed E-state index contributed by atoms with van der Waals surface area (Å²) in [4.78, 5) is 2.52. The minimum absolute atomic E-state index is 0.796. The van der Waals surface area contributed by atoms with Gasteiger partial charge in [-0.05, 0) is 57.9 Å². The molecule has 0 spiro atoms. The zero-order valence-electron chi connectivity index (χ0n) is 11.7. The van der Waals surface area contributed by atoms with Gasteiger partial charge in [0, 0.05) is 19.3 Å². The van der Waals surface area contributed by atoms with E-state index in [9.17, 15) is 0 Å². The monoisotopic (exact) mass is 250 g/mol. The quantitative estimate of drug-likeness (QED) is 0.775. The average Bonchev–Trinajstić information content (AvgIpc) is 2.77. The fraction of sp³-hybridized carbons (Fsp3) is 0.786. The van der Waals surface area contributed by atoms with Gasteiger partial charge in [0.25, 0.3) is 0 Å². The zero-order valence-corrected chi connectivity index (χ0v) is 11.7. The van der Waals surface area contributed by atoms with Crippen molar-refractivity contribution in [2.45, 2.75) is 38.1 Å². The molecule has 1 aliphatic heterocycles. The molecule has 0 radical (unpaired) electrons. The molecule has 1 unspecified atom stereocenters. The van der Waals surface area contributed by atoms with Crippen molar-refractivity contribution < 1.29 is 0 Å². The Morgan fingerprint density at radius 1 is 1.33 bits per heavy atom. The highest BCUT2D eigenvalue weighted by Crippen LogP contribution is 2.16. The van der Waals surface area contributed by atoms with Gasteiger partial charge in [0.2, 0.25) is 0 Å². The van der Waals surface area contributed by atoms with Crippen molar-refractivity contribution in [3.8, 4) is 0 Å². The molecule has 0 aliphatic carbocycles. The number of aromatic nitrogens is 2. The maximum atomic E-state index is 4.18. The first-order valence-electron chi connectivity index (χ1n) is 7.14.